The van der Waals surface area contributed by atoms with E-state index in [-0.39, 0.29) is 12.5 Å². The second-order valence-corrected chi connectivity index (χ2v) is 4.17. The minimum atomic E-state index is -0.847. The number of methoxy groups -OCH3 is 1. The van der Waals surface area contributed by atoms with E-state index in [1.807, 2.05) is 12.1 Å². The molecule has 0 aliphatic heterocycles. The summed E-state index contributed by atoms with van der Waals surface area (Å²) in [5, 5.41) is 8.81. The van der Waals surface area contributed by atoms with E-state index in [0.717, 1.165) is 24.0 Å². The molecule has 0 saturated heterocycles. The highest BCUT2D eigenvalue weighted by molar-refractivity contribution is 5.71. The average molecular weight is 221 g/mol. The van der Waals surface area contributed by atoms with Crippen molar-refractivity contribution in [3.63, 3.8) is 0 Å². The molecule has 0 radical (unpaired) electrons. The van der Waals surface area contributed by atoms with Gasteiger partial charge in [-0.3, -0.25) is 4.79 Å². The molecule has 4 heteroatoms. The Morgan fingerprint density at radius 1 is 1.50 bits per heavy atom. The standard InChI is InChI=1S/C12H15NO3/c1-16-11-5-8-4-10(13)3-7(8)2-9(11)6-12(14)15/h2,5,10H,3-4,6,13H2,1H3,(H,14,15). The molecule has 1 atom stereocenters. The SMILES string of the molecule is COc1cc2c(cc1CC(=O)O)CC(N)C2. The predicted molar refractivity (Wildman–Crippen MR) is 59.7 cm³/mol. The molecule has 1 unspecified atom stereocenters. The van der Waals surface area contributed by atoms with Crippen LogP contribution in [-0.4, -0.2) is 24.2 Å². The zero-order chi connectivity index (χ0) is 11.7. The Bertz CT molecular complexity index is 429. The van der Waals surface area contributed by atoms with Gasteiger partial charge in [0, 0.05) is 11.6 Å². The summed E-state index contributed by atoms with van der Waals surface area (Å²) in [4.78, 5) is 10.7. The van der Waals surface area contributed by atoms with Crippen molar-refractivity contribution in [2.75, 3.05) is 7.11 Å². The Hall–Kier alpha value is -1.55. The molecule has 0 saturated carbocycles. The van der Waals surface area contributed by atoms with E-state index in [9.17, 15) is 4.79 Å². The van der Waals surface area contributed by atoms with Crippen molar-refractivity contribution in [3.8, 4) is 5.75 Å². The highest BCUT2D eigenvalue weighted by Crippen LogP contribution is 2.29. The van der Waals surface area contributed by atoms with Crippen LogP contribution in [-0.2, 0) is 24.1 Å². The average Bonchev–Trinajstić information content (AvgIpc) is 2.55. The van der Waals surface area contributed by atoms with Gasteiger partial charge in [-0.05, 0) is 30.0 Å². The van der Waals surface area contributed by atoms with Gasteiger partial charge in [-0.15, -0.1) is 0 Å². The van der Waals surface area contributed by atoms with Crippen molar-refractivity contribution < 1.29 is 14.6 Å². The molecule has 1 aromatic rings. The Morgan fingerprint density at radius 2 is 2.12 bits per heavy atom. The van der Waals surface area contributed by atoms with Gasteiger partial charge in [-0.25, -0.2) is 0 Å². The summed E-state index contributed by atoms with van der Waals surface area (Å²) in [6, 6.07) is 3.98. The zero-order valence-electron chi connectivity index (χ0n) is 9.19. The third kappa shape index (κ3) is 2.02. The fourth-order valence-electron chi connectivity index (χ4n) is 2.23. The van der Waals surface area contributed by atoms with Crippen LogP contribution in [0.4, 0.5) is 0 Å². The normalized spacial score (nSPS) is 18.2. The van der Waals surface area contributed by atoms with E-state index in [4.69, 9.17) is 15.6 Å². The van der Waals surface area contributed by atoms with Crippen LogP contribution >= 0.6 is 0 Å². The molecule has 4 nitrogen and oxygen atoms in total. The number of nitrogens with two attached hydrogens (primary N) is 1. The van der Waals surface area contributed by atoms with Crippen molar-refractivity contribution in [2.24, 2.45) is 5.73 Å². The molecule has 0 amide bonds. The summed E-state index contributed by atoms with van der Waals surface area (Å²) in [5.41, 5.74) is 8.93. The molecular formula is C12H15NO3. The molecule has 16 heavy (non-hydrogen) atoms. The number of rotatable bonds is 3. The summed E-state index contributed by atoms with van der Waals surface area (Å²) in [6.07, 6.45) is 1.66. The lowest BCUT2D eigenvalue weighted by molar-refractivity contribution is -0.136. The number of carboxylic acid groups (broad SMARTS) is 1. The molecule has 1 aliphatic rings. The monoisotopic (exact) mass is 221 g/mol. The maximum absolute atomic E-state index is 10.7. The second kappa shape index (κ2) is 4.14. The maximum atomic E-state index is 10.7. The van der Waals surface area contributed by atoms with Crippen LogP contribution in [0.3, 0.4) is 0 Å². The van der Waals surface area contributed by atoms with Crippen LogP contribution in [0.25, 0.3) is 0 Å². The van der Waals surface area contributed by atoms with Crippen LogP contribution in [0.5, 0.6) is 5.75 Å². The van der Waals surface area contributed by atoms with E-state index in [1.54, 1.807) is 7.11 Å². The Kier molecular flexibility index (Phi) is 2.83. The number of hydrogen-bond donors (Lipinski definition) is 2. The van der Waals surface area contributed by atoms with Crippen molar-refractivity contribution in [1.29, 1.82) is 0 Å². The van der Waals surface area contributed by atoms with E-state index in [2.05, 4.69) is 0 Å². The van der Waals surface area contributed by atoms with Gasteiger partial charge < -0.3 is 15.6 Å². The van der Waals surface area contributed by atoms with Crippen LogP contribution < -0.4 is 10.5 Å². The highest BCUT2D eigenvalue weighted by Gasteiger charge is 2.21. The molecule has 86 valence electrons. The van der Waals surface area contributed by atoms with Crippen LogP contribution in [0.15, 0.2) is 12.1 Å². The highest BCUT2D eigenvalue weighted by atomic mass is 16.5. The van der Waals surface area contributed by atoms with E-state index in [1.165, 1.54) is 5.56 Å². The number of hydrogen-bond acceptors (Lipinski definition) is 3. The van der Waals surface area contributed by atoms with Crippen molar-refractivity contribution in [1.82, 2.24) is 0 Å². The molecule has 0 aromatic heterocycles. The number of carbonyl (C=O) groups is 1. The van der Waals surface area contributed by atoms with Crippen LogP contribution in [0.2, 0.25) is 0 Å². The minimum absolute atomic E-state index is 0.00824. The Balaban J connectivity index is 2.38. The predicted octanol–water partition coefficient (Wildman–Crippen LogP) is 0.748. The first-order valence-corrected chi connectivity index (χ1v) is 5.26. The summed E-state index contributed by atoms with van der Waals surface area (Å²) in [6.45, 7) is 0. The molecule has 0 spiro atoms. The molecule has 2 rings (SSSR count). The lowest BCUT2D eigenvalue weighted by atomic mass is 10.0. The van der Waals surface area contributed by atoms with E-state index >= 15 is 0 Å². The van der Waals surface area contributed by atoms with Gasteiger partial charge in [0.25, 0.3) is 0 Å². The van der Waals surface area contributed by atoms with Crippen molar-refractivity contribution >= 4 is 5.97 Å². The summed E-state index contributed by atoms with van der Waals surface area (Å²) < 4.78 is 5.20. The first-order chi connectivity index (χ1) is 7.60. The van der Waals surface area contributed by atoms with Crippen molar-refractivity contribution in [2.45, 2.75) is 25.3 Å². The lowest BCUT2D eigenvalue weighted by Crippen LogP contribution is -2.18. The van der Waals surface area contributed by atoms with E-state index < -0.39 is 5.97 Å². The second-order valence-electron chi connectivity index (χ2n) is 4.17. The smallest absolute Gasteiger partial charge is 0.307 e. The van der Waals surface area contributed by atoms with Crippen LogP contribution in [0.1, 0.15) is 16.7 Å². The van der Waals surface area contributed by atoms with Gasteiger partial charge in [0.2, 0.25) is 0 Å². The Labute approximate surface area is 94.0 Å². The van der Waals surface area contributed by atoms with E-state index in [0.29, 0.717) is 5.75 Å². The van der Waals surface area contributed by atoms with Gasteiger partial charge in [-0.2, -0.15) is 0 Å². The molecule has 1 aliphatic carbocycles. The third-order valence-corrected chi connectivity index (χ3v) is 2.91. The molecule has 3 N–H and O–H groups in total. The molecular weight excluding hydrogens is 206 g/mol. The topological polar surface area (TPSA) is 72.5 Å². The quantitative estimate of drug-likeness (QED) is 0.790. The van der Waals surface area contributed by atoms with Gasteiger partial charge in [0.1, 0.15) is 5.75 Å². The maximum Gasteiger partial charge on any atom is 0.307 e. The molecule has 1 aromatic carbocycles. The summed E-state index contributed by atoms with van der Waals surface area (Å²) in [5.74, 6) is -0.198. The largest absolute Gasteiger partial charge is 0.496 e. The molecule has 0 bridgehead atoms. The lowest BCUT2D eigenvalue weighted by Gasteiger charge is -2.09. The first kappa shape index (κ1) is 11.0. The number of carboxylic acids is 1. The summed E-state index contributed by atoms with van der Waals surface area (Å²) >= 11 is 0. The fourth-order valence-corrected chi connectivity index (χ4v) is 2.23. The van der Waals surface area contributed by atoms with Gasteiger partial charge >= 0.3 is 5.97 Å². The number of ether oxygens (including phenoxy) is 1. The van der Waals surface area contributed by atoms with Crippen LogP contribution in [0, 0.1) is 0 Å². The van der Waals surface area contributed by atoms with Gasteiger partial charge in [0.05, 0.1) is 13.5 Å². The van der Waals surface area contributed by atoms with Crippen molar-refractivity contribution in [3.05, 3.63) is 28.8 Å². The summed E-state index contributed by atoms with van der Waals surface area (Å²) in [7, 11) is 1.56. The number of fused-ring (bicyclic) bond motifs is 1. The number of benzene rings is 1. The third-order valence-electron chi connectivity index (χ3n) is 2.91. The van der Waals surface area contributed by atoms with Gasteiger partial charge in [0.15, 0.2) is 0 Å². The first-order valence-electron chi connectivity index (χ1n) is 5.26. The zero-order valence-corrected chi connectivity index (χ0v) is 9.19. The molecule has 0 heterocycles. The van der Waals surface area contributed by atoms with Gasteiger partial charge in [-0.1, -0.05) is 6.07 Å². The molecule has 0 fully saturated rings. The Morgan fingerprint density at radius 3 is 2.69 bits per heavy atom. The fraction of sp³-hybridized carbons (Fsp3) is 0.417. The minimum Gasteiger partial charge on any atom is -0.496 e. The number of aliphatic carboxylic acids is 1.